The third kappa shape index (κ3) is 3.25. The van der Waals surface area contributed by atoms with Gasteiger partial charge in [-0.05, 0) is 24.1 Å². The Balaban J connectivity index is 3.20. The first-order valence-electron chi connectivity index (χ1n) is 4.61. The molecule has 0 saturated heterocycles. The molecule has 1 N–H and O–H groups in total. The lowest BCUT2D eigenvalue weighted by Crippen LogP contribution is -2.06. The van der Waals surface area contributed by atoms with Crippen LogP contribution in [0.5, 0.6) is 0 Å². The molecule has 0 fully saturated rings. The number of hydrogen-bond donors (Lipinski definition) is 1. The number of aromatic carboxylic acids is 1. The summed E-state index contributed by atoms with van der Waals surface area (Å²) in [7, 11) is 0. The minimum absolute atomic E-state index is 0.0414. The van der Waals surface area contributed by atoms with Gasteiger partial charge in [-0.3, -0.25) is 14.9 Å². The van der Waals surface area contributed by atoms with E-state index in [-0.39, 0.29) is 18.4 Å². The number of carbonyl (C=O) groups is 2. The molecule has 6 nitrogen and oxygen atoms in total. The molecule has 0 aliphatic carbocycles. The van der Waals surface area contributed by atoms with Crippen LogP contribution < -0.4 is 0 Å². The maximum absolute atomic E-state index is 10.8. The Labute approximate surface area is 101 Å². The third-order valence-corrected chi connectivity index (χ3v) is 2.31. The number of aryl methyl sites for hydroxylation is 1. The van der Waals surface area contributed by atoms with Gasteiger partial charge in [0.2, 0.25) is 5.24 Å². The highest BCUT2D eigenvalue weighted by Crippen LogP contribution is 2.25. The summed E-state index contributed by atoms with van der Waals surface area (Å²) < 4.78 is 0. The zero-order valence-corrected chi connectivity index (χ0v) is 9.31. The van der Waals surface area contributed by atoms with Crippen molar-refractivity contribution in [2.75, 3.05) is 0 Å². The van der Waals surface area contributed by atoms with Crippen molar-refractivity contribution in [2.24, 2.45) is 0 Å². The highest BCUT2D eigenvalue weighted by molar-refractivity contribution is 6.63. The van der Waals surface area contributed by atoms with Gasteiger partial charge >= 0.3 is 5.97 Å². The summed E-state index contributed by atoms with van der Waals surface area (Å²) in [5, 5.41) is 19.0. The lowest BCUT2D eigenvalue weighted by molar-refractivity contribution is -0.385. The number of nitrogens with zero attached hydrogens (tertiary/aromatic N) is 1. The van der Waals surface area contributed by atoms with Crippen molar-refractivity contribution in [3.8, 4) is 0 Å². The molecular formula is C10H8ClNO5. The molecule has 0 atom stereocenters. The normalized spacial score (nSPS) is 9.94. The average Bonchev–Trinajstić information content (AvgIpc) is 2.25. The fourth-order valence-corrected chi connectivity index (χ4v) is 1.51. The minimum atomic E-state index is -1.38. The molecular weight excluding hydrogens is 250 g/mol. The summed E-state index contributed by atoms with van der Waals surface area (Å²) in [6.45, 7) is 0. The van der Waals surface area contributed by atoms with Gasteiger partial charge in [0.05, 0.1) is 4.92 Å². The minimum Gasteiger partial charge on any atom is -0.477 e. The van der Waals surface area contributed by atoms with Crippen LogP contribution in [0.15, 0.2) is 18.2 Å². The highest BCUT2D eigenvalue weighted by atomic mass is 35.5. The van der Waals surface area contributed by atoms with Crippen LogP contribution in [0.4, 0.5) is 5.69 Å². The zero-order valence-electron chi connectivity index (χ0n) is 8.55. The van der Waals surface area contributed by atoms with Crippen LogP contribution in [-0.4, -0.2) is 21.2 Å². The van der Waals surface area contributed by atoms with E-state index in [0.29, 0.717) is 0 Å². The molecule has 17 heavy (non-hydrogen) atoms. The zero-order chi connectivity index (χ0) is 13.0. The standard InChI is InChI=1S/C10H8ClNO5/c11-8(13)5-4-6-2-1-3-7(10(14)15)9(6)12(16)17/h1-3H,4-5H2,(H,14,15). The summed E-state index contributed by atoms with van der Waals surface area (Å²) in [4.78, 5) is 31.5. The van der Waals surface area contributed by atoms with Crippen LogP contribution in [0.3, 0.4) is 0 Å². The summed E-state index contributed by atoms with van der Waals surface area (Å²) in [6, 6.07) is 3.95. The molecule has 90 valence electrons. The molecule has 1 rings (SSSR count). The molecule has 0 unspecified atom stereocenters. The lowest BCUT2D eigenvalue weighted by atomic mass is 10.0. The Kier molecular flexibility index (Phi) is 4.17. The fraction of sp³-hybridized carbons (Fsp3) is 0.200. The maximum Gasteiger partial charge on any atom is 0.342 e. The first-order chi connectivity index (χ1) is 7.93. The Morgan fingerprint density at radius 3 is 2.53 bits per heavy atom. The molecule has 0 aliphatic heterocycles. The number of carboxylic acids is 1. The van der Waals surface area contributed by atoms with Gasteiger partial charge in [-0.15, -0.1) is 0 Å². The SMILES string of the molecule is O=C(Cl)CCc1cccc(C(=O)O)c1[N+](=O)[O-]. The largest absolute Gasteiger partial charge is 0.477 e. The van der Waals surface area contributed by atoms with E-state index >= 15 is 0 Å². The number of hydrogen-bond acceptors (Lipinski definition) is 4. The van der Waals surface area contributed by atoms with Crippen molar-refractivity contribution in [1.29, 1.82) is 0 Å². The lowest BCUT2D eigenvalue weighted by Gasteiger charge is -2.03. The molecule has 7 heteroatoms. The van der Waals surface area contributed by atoms with Crippen LogP contribution in [0.1, 0.15) is 22.3 Å². The van der Waals surface area contributed by atoms with E-state index in [1.54, 1.807) is 0 Å². The summed E-state index contributed by atoms with van der Waals surface area (Å²) in [6.07, 6.45) is -0.0365. The molecule has 1 aromatic rings. The molecule has 0 aromatic heterocycles. The van der Waals surface area contributed by atoms with E-state index in [0.717, 1.165) is 6.07 Å². The van der Waals surface area contributed by atoms with Crippen molar-refractivity contribution < 1.29 is 19.6 Å². The molecule has 1 aromatic carbocycles. The molecule has 0 heterocycles. The van der Waals surface area contributed by atoms with Gasteiger partial charge < -0.3 is 5.11 Å². The number of para-hydroxylation sites is 1. The van der Waals surface area contributed by atoms with E-state index in [4.69, 9.17) is 16.7 Å². The van der Waals surface area contributed by atoms with Gasteiger partial charge in [-0.25, -0.2) is 4.79 Å². The molecule has 0 aliphatic rings. The number of carbonyl (C=O) groups excluding carboxylic acids is 1. The summed E-state index contributed by atoms with van der Waals surface area (Å²) in [5.41, 5.74) is -0.698. The number of nitro benzene ring substituents is 1. The number of rotatable bonds is 5. The quantitative estimate of drug-likeness (QED) is 0.494. The number of benzene rings is 1. The predicted octanol–water partition coefficient (Wildman–Crippen LogP) is 1.99. The second-order valence-electron chi connectivity index (χ2n) is 3.23. The highest BCUT2D eigenvalue weighted by Gasteiger charge is 2.23. The van der Waals surface area contributed by atoms with Crippen LogP contribution in [0.2, 0.25) is 0 Å². The van der Waals surface area contributed by atoms with Gasteiger partial charge in [0.25, 0.3) is 5.69 Å². The second kappa shape index (κ2) is 5.40. The molecule has 0 spiro atoms. The monoisotopic (exact) mass is 257 g/mol. The third-order valence-electron chi connectivity index (χ3n) is 2.12. The molecule has 0 radical (unpaired) electrons. The fourth-order valence-electron chi connectivity index (χ4n) is 1.41. The predicted molar refractivity (Wildman–Crippen MR) is 59.2 cm³/mol. The first kappa shape index (κ1) is 13.1. The van der Waals surface area contributed by atoms with Crippen LogP contribution in [0.25, 0.3) is 0 Å². The van der Waals surface area contributed by atoms with E-state index < -0.39 is 27.4 Å². The van der Waals surface area contributed by atoms with Crippen molar-refractivity contribution in [3.05, 3.63) is 39.4 Å². The van der Waals surface area contributed by atoms with E-state index in [2.05, 4.69) is 0 Å². The first-order valence-corrected chi connectivity index (χ1v) is 4.99. The maximum atomic E-state index is 10.8. The smallest absolute Gasteiger partial charge is 0.342 e. The topological polar surface area (TPSA) is 97.5 Å². The van der Waals surface area contributed by atoms with Gasteiger partial charge in [0, 0.05) is 12.0 Å². The van der Waals surface area contributed by atoms with E-state index in [1.807, 2.05) is 0 Å². The van der Waals surface area contributed by atoms with Crippen molar-refractivity contribution in [2.45, 2.75) is 12.8 Å². The van der Waals surface area contributed by atoms with Crippen molar-refractivity contribution in [1.82, 2.24) is 0 Å². The van der Waals surface area contributed by atoms with Gasteiger partial charge in [0.15, 0.2) is 0 Å². The van der Waals surface area contributed by atoms with Crippen LogP contribution in [0, 0.1) is 10.1 Å². The van der Waals surface area contributed by atoms with Crippen molar-refractivity contribution >= 4 is 28.5 Å². The summed E-state index contributed by atoms with van der Waals surface area (Å²) >= 11 is 5.14. The molecule has 0 amide bonds. The van der Waals surface area contributed by atoms with E-state index in [1.165, 1.54) is 12.1 Å². The summed E-state index contributed by atoms with van der Waals surface area (Å²) in [5.74, 6) is -1.38. The Morgan fingerprint density at radius 2 is 2.06 bits per heavy atom. The van der Waals surface area contributed by atoms with Gasteiger partial charge in [-0.1, -0.05) is 12.1 Å². The van der Waals surface area contributed by atoms with E-state index in [9.17, 15) is 19.7 Å². The number of halogens is 1. The van der Waals surface area contributed by atoms with Crippen molar-refractivity contribution in [3.63, 3.8) is 0 Å². The Bertz CT molecular complexity index is 486. The van der Waals surface area contributed by atoms with Gasteiger partial charge in [0.1, 0.15) is 5.56 Å². The molecule has 0 bridgehead atoms. The van der Waals surface area contributed by atoms with Gasteiger partial charge in [-0.2, -0.15) is 0 Å². The number of carboxylic acid groups (broad SMARTS) is 1. The molecule has 0 saturated carbocycles. The Hall–Kier alpha value is -1.95. The average molecular weight is 258 g/mol. The van der Waals surface area contributed by atoms with Crippen LogP contribution >= 0.6 is 11.6 Å². The second-order valence-corrected chi connectivity index (χ2v) is 3.65. The Morgan fingerprint density at radius 1 is 1.41 bits per heavy atom. The van der Waals surface area contributed by atoms with Crippen LogP contribution in [-0.2, 0) is 11.2 Å². The number of nitro groups is 1.